The van der Waals surface area contributed by atoms with Crippen LogP contribution in [0.1, 0.15) is 12.6 Å². The first-order valence-electron chi connectivity index (χ1n) is 7.07. The molecule has 0 atom stereocenters. The maximum atomic E-state index is 12.8. The molecular formula is C14H10BrF3N4O3S. The zero-order valence-electron chi connectivity index (χ0n) is 13.0. The maximum absolute atomic E-state index is 12.8. The van der Waals surface area contributed by atoms with Crippen molar-refractivity contribution in [3.8, 4) is 17.1 Å². The van der Waals surface area contributed by atoms with Crippen LogP contribution >= 0.6 is 15.9 Å². The molecule has 0 aromatic carbocycles. The topological polar surface area (TPSA) is 97.5 Å². The zero-order chi connectivity index (χ0) is 19.3. The normalized spacial score (nSPS) is 12.7. The molecule has 7 nitrogen and oxygen atoms in total. The van der Waals surface area contributed by atoms with Gasteiger partial charge in [0.2, 0.25) is 0 Å². The Balaban J connectivity index is 2.29. The van der Waals surface area contributed by atoms with Crippen LogP contribution in [0.4, 0.5) is 13.2 Å². The molecule has 3 aromatic rings. The van der Waals surface area contributed by atoms with E-state index in [1.54, 1.807) is 0 Å². The predicted molar refractivity (Wildman–Crippen MR) is 88.3 cm³/mol. The predicted octanol–water partition coefficient (Wildman–Crippen LogP) is 3.07. The van der Waals surface area contributed by atoms with Crippen molar-refractivity contribution in [1.82, 2.24) is 19.4 Å². The first-order chi connectivity index (χ1) is 12.0. The Morgan fingerprint density at radius 2 is 1.92 bits per heavy atom. The molecule has 0 saturated carbocycles. The number of halogens is 4. The first-order valence-corrected chi connectivity index (χ1v) is 9.52. The highest BCUT2D eigenvalue weighted by Crippen LogP contribution is 2.35. The SMILES string of the molecule is CCS(=O)(=O)c1cc(O)cnc1-c1nc2cc(C(F)(F)F)ncn2c1Br. The van der Waals surface area contributed by atoms with E-state index in [9.17, 15) is 26.7 Å². The Kier molecular flexibility index (Phi) is 4.43. The van der Waals surface area contributed by atoms with Gasteiger partial charge in [-0.3, -0.25) is 4.40 Å². The number of fused-ring (bicyclic) bond motifs is 1. The molecule has 3 rings (SSSR count). The van der Waals surface area contributed by atoms with Crippen LogP contribution in [0.15, 0.2) is 34.2 Å². The summed E-state index contributed by atoms with van der Waals surface area (Å²) in [6.07, 6.45) is -2.69. The van der Waals surface area contributed by atoms with E-state index >= 15 is 0 Å². The second-order valence-corrected chi connectivity index (χ2v) is 8.19. The van der Waals surface area contributed by atoms with Crippen LogP contribution in [0.5, 0.6) is 5.75 Å². The van der Waals surface area contributed by atoms with Gasteiger partial charge in [0.1, 0.15) is 39.4 Å². The number of sulfone groups is 1. The summed E-state index contributed by atoms with van der Waals surface area (Å²) in [6.45, 7) is 1.42. The van der Waals surface area contributed by atoms with Crippen molar-refractivity contribution in [2.45, 2.75) is 18.0 Å². The summed E-state index contributed by atoms with van der Waals surface area (Å²) in [5.41, 5.74) is -1.30. The summed E-state index contributed by atoms with van der Waals surface area (Å²) < 4.78 is 64.5. The smallest absolute Gasteiger partial charge is 0.433 e. The molecule has 0 unspecified atom stereocenters. The van der Waals surface area contributed by atoms with Crippen LogP contribution in [0.25, 0.3) is 17.0 Å². The lowest BCUT2D eigenvalue weighted by Crippen LogP contribution is -2.08. The lowest BCUT2D eigenvalue weighted by molar-refractivity contribution is -0.141. The van der Waals surface area contributed by atoms with E-state index in [2.05, 4.69) is 30.9 Å². The van der Waals surface area contributed by atoms with Crippen molar-refractivity contribution in [3.63, 3.8) is 0 Å². The lowest BCUT2D eigenvalue weighted by Gasteiger charge is -2.07. The van der Waals surface area contributed by atoms with Gasteiger partial charge >= 0.3 is 6.18 Å². The van der Waals surface area contributed by atoms with Gasteiger partial charge in [-0.2, -0.15) is 13.2 Å². The second kappa shape index (κ2) is 6.20. The van der Waals surface area contributed by atoms with Gasteiger partial charge in [0, 0.05) is 12.1 Å². The van der Waals surface area contributed by atoms with Crippen LogP contribution in [-0.2, 0) is 16.0 Å². The van der Waals surface area contributed by atoms with Crippen LogP contribution in [0.2, 0.25) is 0 Å². The second-order valence-electron chi connectivity index (χ2n) is 5.20. The molecule has 0 bridgehead atoms. The number of aromatic nitrogens is 4. The van der Waals surface area contributed by atoms with Crippen molar-refractivity contribution in [2.75, 3.05) is 5.75 Å². The minimum atomic E-state index is -4.65. The van der Waals surface area contributed by atoms with E-state index in [1.165, 1.54) is 11.3 Å². The number of pyridine rings is 1. The van der Waals surface area contributed by atoms with E-state index in [-0.39, 0.29) is 38.0 Å². The molecule has 0 radical (unpaired) electrons. The van der Waals surface area contributed by atoms with E-state index in [1.807, 2.05) is 0 Å². The van der Waals surface area contributed by atoms with E-state index in [0.29, 0.717) is 0 Å². The molecule has 0 amide bonds. The number of hydrogen-bond acceptors (Lipinski definition) is 6. The van der Waals surface area contributed by atoms with Crippen molar-refractivity contribution >= 4 is 31.4 Å². The van der Waals surface area contributed by atoms with Gasteiger partial charge in [-0.25, -0.2) is 23.4 Å². The molecule has 0 fully saturated rings. The van der Waals surface area contributed by atoms with Gasteiger partial charge in [0.05, 0.1) is 16.8 Å². The minimum absolute atomic E-state index is 0.0122. The van der Waals surface area contributed by atoms with Crippen molar-refractivity contribution in [1.29, 1.82) is 0 Å². The van der Waals surface area contributed by atoms with Gasteiger partial charge in [-0.15, -0.1) is 0 Å². The third kappa shape index (κ3) is 3.14. The van der Waals surface area contributed by atoms with E-state index < -0.39 is 21.7 Å². The monoisotopic (exact) mass is 450 g/mol. The molecule has 3 heterocycles. The standard InChI is InChI=1S/C14H10BrF3N4O3S/c1-2-26(24,25)8-3-7(23)5-19-11(8)12-13(15)22-6-20-9(14(16,17)18)4-10(22)21-12/h3-6,23H,2H2,1H3. The number of nitrogens with zero attached hydrogens (tertiary/aromatic N) is 4. The number of alkyl halides is 3. The van der Waals surface area contributed by atoms with Gasteiger partial charge < -0.3 is 5.11 Å². The summed E-state index contributed by atoms with van der Waals surface area (Å²) in [6, 6.07) is 1.76. The molecule has 0 saturated heterocycles. The summed E-state index contributed by atoms with van der Waals surface area (Å²) in [4.78, 5) is 11.0. The number of imidazole rings is 1. The molecular weight excluding hydrogens is 441 g/mol. The first kappa shape index (κ1) is 18.6. The molecule has 0 aliphatic carbocycles. The number of aromatic hydroxyl groups is 1. The molecule has 1 N–H and O–H groups in total. The van der Waals surface area contributed by atoms with Crippen LogP contribution in [0, 0.1) is 0 Å². The van der Waals surface area contributed by atoms with Gasteiger partial charge in [0.15, 0.2) is 9.84 Å². The molecule has 26 heavy (non-hydrogen) atoms. The van der Waals surface area contributed by atoms with Gasteiger partial charge in [0.25, 0.3) is 0 Å². The van der Waals surface area contributed by atoms with Crippen molar-refractivity contribution in [2.24, 2.45) is 0 Å². The highest BCUT2D eigenvalue weighted by molar-refractivity contribution is 9.10. The summed E-state index contributed by atoms with van der Waals surface area (Å²) in [5.74, 6) is -0.614. The fourth-order valence-electron chi connectivity index (χ4n) is 2.23. The maximum Gasteiger partial charge on any atom is 0.433 e. The Morgan fingerprint density at radius 3 is 2.54 bits per heavy atom. The highest BCUT2D eigenvalue weighted by Gasteiger charge is 2.33. The molecule has 0 aliphatic heterocycles. The Morgan fingerprint density at radius 1 is 1.23 bits per heavy atom. The Hall–Kier alpha value is -2.21. The lowest BCUT2D eigenvalue weighted by atomic mass is 10.3. The van der Waals surface area contributed by atoms with Crippen LogP contribution < -0.4 is 0 Å². The summed E-state index contributed by atoms with van der Waals surface area (Å²) >= 11 is 3.19. The minimum Gasteiger partial charge on any atom is -0.506 e. The van der Waals surface area contributed by atoms with E-state index in [0.717, 1.165) is 24.7 Å². The van der Waals surface area contributed by atoms with Crippen molar-refractivity contribution < 1.29 is 26.7 Å². The summed E-state index contributed by atoms with van der Waals surface area (Å²) in [5, 5.41) is 9.58. The Labute approximate surface area is 153 Å². The average Bonchev–Trinajstić information content (AvgIpc) is 2.90. The van der Waals surface area contributed by atoms with Gasteiger partial charge in [-0.05, 0) is 15.9 Å². The zero-order valence-corrected chi connectivity index (χ0v) is 15.4. The molecule has 12 heteroatoms. The Bertz CT molecular complexity index is 1110. The van der Waals surface area contributed by atoms with Crippen LogP contribution in [0.3, 0.4) is 0 Å². The largest absolute Gasteiger partial charge is 0.506 e. The highest BCUT2D eigenvalue weighted by atomic mass is 79.9. The molecule has 0 aliphatic rings. The molecule has 0 spiro atoms. The van der Waals surface area contributed by atoms with Crippen LogP contribution in [-0.4, -0.2) is 38.6 Å². The summed E-state index contributed by atoms with van der Waals surface area (Å²) in [7, 11) is -3.77. The molecule has 3 aromatic heterocycles. The molecule has 138 valence electrons. The van der Waals surface area contributed by atoms with Crippen molar-refractivity contribution in [3.05, 3.63) is 35.0 Å². The third-order valence-electron chi connectivity index (χ3n) is 3.53. The van der Waals surface area contributed by atoms with Gasteiger partial charge in [-0.1, -0.05) is 6.92 Å². The quantitative estimate of drug-likeness (QED) is 0.658. The third-order valence-corrected chi connectivity index (χ3v) is 6.03. The van der Waals surface area contributed by atoms with E-state index in [4.69, 9.17) is 0 Å². The fraction of sp³-hybridized carbons (Fsp3) is 0.214. The number of rotatable bonds is 3. The fourth-order valence-corrected chi connectivity index (χ4v) is 3.84. The number of hydrogen-bond donors (Lipinski definition) is 1. The average molecular weight is 451 g/mol.